The molecule has 156 valence electrons. The molecule has 1 amide bonds. The number of aromatic nitrogens is 4. The molecule has 4 rings (SSSR count). The van der Waals surface area contributed by atoms with Crippen LogP contribution >= 0.6 is 35.0 Å². The average Bonchev–Trinajstić information content (AvgIpc) is 3.40. The predicted octanol–water partition coefficient (Wildman–Crippen LogP) is 4.56. The smallest absolute Gasteiger partial charge is 0.234 e. The fraction of sp³-hybridized carbons (Fsp3) is 0.300. The molecule has 1 aliphatic heterocycles. The van der Waals surface area contributed by atoms with Crippen molar-refractivity contribution in [3.63, 3.8) is 0 Å². The van der Waals surface area contributed by atoms with Crippen molar-refractivity contribution in [1.82, 2.24) is 19.7 Å². The van der Waals surface area contributed by atoms with Crippen LogP contribution in [-0.4, -0.2) is 44.1 Å². The minimum absolute atomic E-state index is 0.111. The van der Waals surface area contributed by atoms with E-state index in [-0.39, 0.29) is 17.8 Å². The molecule has 0 aliphatic carbocycles. The van der Waals surface area contributed by atoms with Gasteiger partial charge in [-0.3, -0.25) is 14.3 Å². The number of halogens is 2. The number of hydrogen-bond donors (Lipinski definition) is 1. The van der Waals surface area contributed by atoms with E-state index in [0.717, 1.165) is 30.8 Å². The van der Waals surface area contributed by atoms with Crippen molar-refractivity contribution in [1.29, 1.82) is 0 Å². The number of thioether (sulfide) groups is 1. The molecule has 2 aromatic heterocycles. The van der Waals surface area contributed by atoms with Gasteiger partial charge in [0.25, 0.3) is 0 Å². The number of nitrogens with zero attached hydrogens (tertiary/aromatic N) is 4. The van der Waals surface area contributed by atoms with Gasteiger partial charge in [-0.05, 0) is 43.2 Å². The molecule has 0 saturated carbocycles. The van der Waals surface area contributed by atoms with Gasteiger partial charge in [0, 0.05) is 29.6 Å². The molecule has 10 heteroatoms. The summed E-state index contributed by atoms with van der Waals surface area (Å²) in [5.74, 6) is 0.679. The van der Waals surface area contributed by atoms with Crippen molar-refractivity contribution in [3.05, 3.63) is 52.8 Å². The van der Waals surface area contributed by atoms with E-state index in [2.05, 4.69) is 20.5 Å². The molecule has 1 unspecified atom stereocenters. The van der Waals surface area contributed by atoms with Gasteiger partial charge in [0.05, 0.1) is 29.1 Å². The molecule has 3 aromatic rings. The third-order valence-corrected chi connectivity index (χ3v) is 6.13. The molecule has 1 fully saturated rings. The van der Waals surface area contributed by atoms with Gasteiger partial charge >= 0.3 is 0 Å². The van der Waals surface area contributed by atoms with Crippen LogP contribution in [0.4, 0.5) is 5.69 Å². The summed E-state index contributed by atoms with van der Waals surface area (Å²) >= 11 is 13.4. The Hall–Kier alpha value is -2.13. The summed E-state index contributed by atoms with van der Waals surface area (Å²) in [6, 6.07) is 8.71. The van der Waals surface area contributed by atoms with E-state index in [1.807, 2.05) is 16.7 Å². The maximum atomic E-state index is 12.5. The fourth-order valence-electron chi connectivity index (χ4n) is 3.18. The zero-order chi connectivity index (χ0) is 20.9. The molecule has 1 aromatic carbocycles. The van der Waals surface area contributed by atoms with Gasteiger partial charge in [-0.2, -0.15) is 0 Å². The molecular formula is C20H19Cl2N5O2S. The van der Waals surface area contributed by atoms with Crippen molar-refractivity contribution in [2.75, 3.05) is 17.7 Å². The molecule has 1 aliphatic rings. The van der Waals surface area contributed by atoms with Crippen LogP contribution in [0.25, 0.3) is 11.4 Å². The lowest BCUT2D eigenvalue weighted by Gasteiger charge is -2.14. The summed E-state index contributed by atoms with van der Waals surface area (Å²) in [7, 11) is 0. The number of rotatable bonds is 7. The Morgan fingerprint density at radius 3 is 2.83 bits per heavy atom. The van der Waals surface area contributed by atoms with Crippen molar-refractivity contribution >= 4 is 46.6 Å². The lowest BCUT2D eigenvalue weighted by molar-refractivity contribution is -0.113. The number of pyridine rings is 1. The highest BCUT2D eigenvalue weighted by Gasteiger charge is 2.22. The third-order valence-electron chi connectivity index (χ3n) is 4.60. The first kappa shape index (κ1) is 21.1. The van der Waals surface area contributed by atoms with Gasteiger partial charge in [0.2, 0.25) is 5.91 Å². The summed E-state index contributed by atoms with van der Waals surface area (Å²) in [4.78, 5) is 16.5. The second-order valence-electron chi connectivity index (χ2n) is 6.75. The Kier molecular flexibility index (Phi) is 6.89. The van der Waals surface area contributed by atoms with E-state index >= 15 is 0 Å². The maximum absolute atomic E-state index is 12.5. The van der Waals surface area contributed by atoms with E-state index in [9.17, 15) is 4.79 Å². The van der Waals surface area contributed by atoms with Crippen LogP contribution in [0.15, 0.2) is 47.9 Å². The molecule has 1 saturated heterocycles. The highest BCUT2D eigenvalue weighted by Crippen LogP contribution is 2.28. The summed E-state index contributed by atoms with van der Waals surface area (Å²) < 4.78 is 7.81. The van der Waals surface area contributed by atoms with Crippen LogP contribution in [-0.2, 0) is 16.1 Å². The normalized spacial score (nSPS) is 16.0. The van der Waals surface area contributed by atoms with Gasteiger partial charge in [0.1, 0.15) is 0 Å². The average molecular weight is 464 g/mol. The number of benzene rings is 1. The first-order chi connectivity index (χ1) is 14.6. The zero-order valence-corrected chi connectivity index (χ0v) is 18.3. The minimum Gasteiger partial charge on any atom is -0.376 e. The number of anilines is 1. The Balaban J connectivity index is 1.49. The van der Waals surface area contributed by atoms with Gasteiger partial charge < -0.3 is 10.1 Å². The quantitative estimate of drug-likeness (QED) is 0.517. The molecule has 3 heterocycles. The SMILES string of the molecule is O=C(CSc1nnc(-c2ccncc2)n1CC1CCCO1)Nc1cc(Cl)ccc1Cl. The second-order valence-corrected chi connectivity index (χ2v) is 8.53. The standard InChI is InChI=1S/C20H19Cl2N5O2S/c21-14-3-4-16(22)17(10-14)24-18(28)12-30-20-26-25-19(13-5-7-23-8-6-13)27(20)11-15-2-1-9-29-15/h3-8,10,15H,1-2,9,11-12H2,(H,24,28). The van der Waals surface area contributed by atoms with E-state index in [1.54, 1.807) is 30.6 Å². The summed E-state index contributed by atoms with van der Waals surface area (Å²) in [6.07, 6.45) is 5.58. The van der Waals surface area contributed by atoms with Crippen LogP contribution in [0.3, 0.4) is 0 Å². The van der Waals surface area contributed by atoms with E-state index in [1.165, 1.54) is 11.8 Å². The van der Waals surface area contributed by atoms with E-state index < -0.39 is 0 Å². The second kappa shape index (κ2) is 9.78. The maximum Gasteiger partial charge on any atom is 0.234 e. The van der Waals surface area contributed by atoms with Gasteiger partial charge in [0.15, 0.2) is 11.0 Å². The Labute approximate surface area is 188 Å². The minimum atomic E-state index is -0.207. The highest BCUT2D eigenvalue weighted by molar-refractivity contribution is 7.99. The number of amides is 1. The first-order valence-corrected chi connectivity index (χ1v) is 11.2. The first-order valence-electron chi connectivity index (χ1n) is 9.43. The summed E-state index contributed by atoms with van der Waals surface area (Å²) in [5, 5.41) is 13.0. The van der Waals surface area contributed by atoms with E-state index in [0.29, 0.717) is 27.4 Å². The molecular weight excluding hydrogens is 445 g/mol. The largest absolute Gasteiger partial charge is 0.376 e. The van der Waals surface area contributed by atoms with E-state index in [4.69, 9.17) is 27.9 Å². The number of carbonyl (C=O) groups is 1. The summed E-state index contributed by atoms with van der Waals surface area (Å²) in [5.41, 5.74) is 1.39. The Morgan fingerprint density at radius 1 is 1.23 bits per heavy atom. The van der Waals surface area contributed by atoms with Crippen LogP contribution in [0.2, 0.25) is 10.0 Å². The van der Waals surface area contributed by atoms with Crippen LogP contribution in [0, 0.1) is 0 Å². The third kappa shape index (κ3) is 5.13. The zero-order valence-electron chi connectivity index (χ0n) is 15.9. The number of ether oxygens (including phenoxy) is 1. The molecule has 1 atom stereocenters. The fourth-order valence-corrected chi connectivity index (χ4v) is 4.26. The monoisotopic (exact) mass is 463 g/mol. The lowest BCUT2D eigenvalue weighted by Crippen LogP contribution is -2.18. The van der Waals surface area contributed by atoms with Crippen LogP contribution in [0.5, 0.6) is 0 Å². The molecule has 0 radical (unpaired) electrons. The van der Waals surface area contributed by atoms with Crippen LogP contribution < -0.4 is 5.32 Å². The number of carbonyl (C=O) groups excluding carboxylic acids is 1. The Morgan fingerprint density at radius 2 is 2.07 bits per heavy atom. The van der Waals surface area contributed by atoms with Crippen molar-refractivity contribution in [3.8, 4) is 11.4 Å². The predicted molar refractivity (Wildman–Crippen MR) is 118 cm³/mol. The van der Waals surface area contributed by atoms with Gasteiger partial charge in [-0.1, -0.05) is 35.0 Å². The molecule has 7 nitrogen and oxygen atoms in total. The van der Waals surface area contributed by atoms with Crippen molar-refractivity contribution < 1.29 is 9.53 Å². The molecule has 30 heavy (non-hydrogen) atoms. The lowest BCUT2D eigenvalue weighted by atomic mass is 10.2. The molecule has 1 N–H and O–H groups in total. The molecule has 0 bridgehead atoms. The van der Waals surface area contributed by atoms with Crippen molar-refractivity contribution in [2.24, 2.45) is 0 Å². The number of nitrogens with one attached hydrogen (secondary N) is 1. The topological polar surface area (TPSA) is 81.9 Å². The highest BCUT2D eigenvalue weighted by atomic mass is 35.5. The summed E-state index contributed by atoms with van der Waals surface area (Å²) in [6.45, 7) is 1.40. The van der Waals surface area contributed by atoms with Crippen LogP contribution in [0.1, 0.15) is 12.8 Å². The molecule has 0 spiro atoms. The van der Waals surface area contributed by atoms with Gasteiger partial charge in [-0.15, -0.1) is 10.2 Å². The number of hydrogen-bond acceptors (Lipinski definition) is 6. The van der Waals surface area contributed by atoms with Crippen molar-refractivity contribution in [2.45, 2.75) is 30.6 Å². The van der Waals surface area contributed by atoms with Gasteiger partial charge in [-0.25, -0.2) is 0 Å². The Bertz CT molecular complexity index is 1030.